The van der Waals surface area contributed by atoms with Crippen molar-refractivity contribution in [3.8, 4) is 5.75 Å². The van der Waals surface area contributed by atoms with Gasteiger partial charge < -0.3 is 19.7 Å². The van der Waals surface area contributed by atoms with Gasteiger partial charge in [-0.25, -0.2) is 4.79 Å². The summed E-state index contributed by atoms with van der Waals surface area (Å²) >= 11 is 7.39. The Kier molecular flexibility index (Phi) is 4.15. The molecular weight excluding hydrogens is 409 g/mol. The van der Waals surface area contributed by atoms with Crippen LogP contribution in [0.25, 0.3) is 10.1 Å². The minimum absolute atomic E-state index is 0.0467. The van der Waals surface area contributed by atoms with Gasteiger partial charge in [-0.05, 0) is 18.2 Å². The minimum atomic E-state index is -4.43. The molecule has 2 fully saturated rings. The smallest absolute Gasteiger partial charge is 0.422 e. The van der Waals surface area contributed by atoms with E-state index in [4.69, 9.17) is 21.1 Å². The molecule has 11 heteroatoms. The number of hydrogen-bond donors (Lipinski definition) is 1. The third-order valence-electron chi connectivity index (χ3n) is 4.32. The number of amides is 2. The average molecular weight is 421 g/mol. The lowest BCUT2D eigenvalue weighted by Gasteiger charge is -2.45. The molecular formula is C16H12ClF3N2O4S. The van der Waals surface area contributed by atoms with Crippen LogP contribution >= 0.6 is 22.9 Å². The Morgan fingerprint density at radius 3 is 2.78 bits per heavy atom. The summed E-state index contributed by atoms with van der Waals surface area (Å²) < 4.78 is 47.0. The summed E-state index contributed by atoms with van der Waals surface area (Å²) in [6.45, 7) is -0.576. The zero-order valence-corrected chi connectivity index (χ0v) is 15.1. The monoisotopic (exact) mass is 420 g/mol. The number of alkyl halides is 3. The molecule has 0 atom stereocenters. The minimum Gasteiger partial charge on any atom is -0.484 e. The number of alkyl carbamates (subject to hydrolysis) is 1. The van der Waals surface area contributed by atoms with E-state index in [-0.39, 0.29) is 23.3 Å². The van der Waals surface area contributed by atoms with Crippen LogP contribution in [-0.4, -0.2) is 54.9 Å². The second-order valence-corrected chi connectivity index (χ2v) is 7.88. The van der Waals surface area contributed by atoms with Gasteiger partial charge in [0.15, 0.2) is 6.61 Å². The Hall–Kier alpha value is -2.20. The van der Waals surface area contributed by atoms with Gasteiger partial charge in [-0.3, -0.25) is 4.79 Å². The van der Waals surface area contributed by atoms with Gasteiger partial charge in [0.05, 0.1) is 5.02 Å². The average Bonchev–Trinajstić information content (AvgIpc) is 3.11. The lowest BCUT2D eigenvalue weighted by molar-refractivity contribution is -0.153. The highest BCUT2D eigenvalue weighted by atomic mass is 35.5. The summed E-state index contributed by atoms with van der Waals surface area (Å²) in [4.78, 5) is 25.7. The Morgan fingerprint density at radius 1 is 1.41 bits per heavy atom. The van der Waals surface area contributed by atoms with E-state index >= 15 is 0 Å². The lowest BCUT2D eigenvalue weighted by Crippen LogP contribution is -2.69. The number of cyclic esters (lactones) is 1. The van der Waals surface area contributed by atoms with Crippen molar-refractivity contribution in [3.05, 3.63) is 28.1 Å². The predicted molar refractivity (Wildman–Crippen MR) is 91.5 cm³/mol. The zero-order chi connectivity index (χ0) is 19.4. The van der Waals surface area contributed by atoms with Gasteiger partial charge in [-0.2, -0.15) is 13.2 Å². The zero-order valence-electron chi connectivity index (χ0n) is 13.6. The molecule has 144 valence electrons. The van der Waals surface area contributed by atoms with Crippen LogP contribution < -0.4 is 10.1 Å². The van der Waals surface area contributed by atoms with Crippen LogP contribution in [0.15, 0.2) is 18.2 Å². The van der Waals surface area contributed by atoms with E-state index in [1.165, 1.54) is 23.1 Å². The second kappa shape index (κ2) is 6.16. The maximum atomic E-state index is 12.7. The lowest BCUT2D eigenvalue weighted by atomic mass is 9.91. The highest BCUT2D eigenvalue weighted by Gasteiger charge is 2.51. The number of carbonyl (C=O) groups excluding carboxylic acids is 2. The summed E-state index contributed by atoms with van der Waals surface area (Å²) in [6, 6.07) is 4.33. The molecule has 0 bridgehead atoms. The molecule has 1 spiro atoms. The normalized spacial score (nSPS) is 18.4. The van der Waals surface area contributed by atoms with Gasteiger partial charge in [-0.15, -0.1) is 11.3 Å². The van der Waals surface area contributed by atoms with Crippen molar-refractivity contribution in [1.29, 1.82) is 0 Å². The number of hydrogen-bond acceptors (Lipinski definition) is 5. The topological polar surface area (TPSA) is 67.9 Å². The fraction of sp³-hybridized carbons (Fsp3) is 0.375. The number of likely N-dealkylation sites (tertiary alicyclic amines) is 1. The molecule has 4 rings (SSSR count). The molecule has 2 aliphatic rings. The molecule has 1 N–H and O–H groups in total. The highest BCUT2D eigenvalue weighted by molar-refractivity contribution is 7.21. The number of rotatable bonds is 3. The van der Waals surface area contributed by atoms with Crippen molar-refractivity contribution in [3.63, 3.8) is 0 Å². The van der Waals surface area contributed by atoms with Crippen LogP contribution in [0.3, 0.4) is 0 Å². The van der Waals surface area contributed by atoms with Crippen molar-refractivity contribution in [2.75, 3.05) is 26.3 Å². The van der Waals surface area contributed by atoms with Crippen molar-refractivity contribution < 1.29 is 32.2 Å². The van der Waals surface area contributed by atoms with Crippen molar-refractivity contribution >= 4 is 45.0 Å². The molecule has 1 aromatic carbocycles. The first-order valence-corrected chi connectivity index (χ1v) is 9.01. The van der Waals surface area contributed by atoms with Crippen molar-refractivity contribution in [2.45, 2.75) is 11.7 Å². The number of nitrogens with zero attached hydrogens (tertiary/aromatic N) is 1. The quantitative estimate of drug-likeness (QED) is 0.826. The third-order valence-corrected chi connectivity index (χ3v) is 5.96. The summed E-state index contributed by atoms with van der Waals surface area (Å²) in [7, 11) is 0. The van der Waals surface area contributed by atoms with Gasteiger partial charge in [-0.1, -0.05) is 11.6 Å². The fourth-order valence-electron chi connectivity index (χ4n) is 3.07. The van der Waals surface area contributed by atoms with Gasteiger partial charge >= 0.3 is 12.3 Å². The van der Waals surface area contributed by atoms with E-state index in [0.29, 0.717) is 28.1 Å². The summed E-state index contributed by atoms with van der Waals surface area (Å²) in [5, 5.41) is 3.50. The number of halogens is 4. The number of fused-ring (bicyclic) bond motifs is 1. The standard InChI is InChI=1S/C16H12ClF3N2O4S/c17-11-9-2-1-8(25-7-16(18,19)20)3-10(9)27-12(11)13(23)22-4-15(5-22)6-26-14(24)21-15/h1-3H,4-7H2,(H,21,24). The molecule has 2 aliphatic heterocycles. The second-order valence-electron chi connectivity index (χ2n) is 6.45. The highest BCUT2D eigenvalue weighted by Crippen LogP contribution is 2.39. The van der Waals surface area contributed by atoms with Crippen LogP contribution in [0.2, 0.25) is 5.02 Å². The molecule has 0 unspecified atom stereocenters. The maximum Gasteiger partial charge on any atom is 0.422 e. The molecule has 2 saturated heterocycles. The Bertz CT molecular complexity index is 940. The van der Waals surface area contributed by atoms with E-state index in [2.05, 4.69) is 5.32 Å². The number of benzene rings is 1. The molecule has 1 aromatic heterocycles. The van der Waals surface area contributed by atoms with Gasteiger partial charge in [0.2, 0.25) is 0 Å². The molecule has 2 amide bonds. The first-order chi connectivity index (χ1) is 12.7. The SMILES string of the molecule is O=C1NC2(CO1)CN(C(=O)c1sc3cc(OCC(F)(F)F)ccc3c1Cl)C2. The van der Waals surface area contributed by atoms with Crippen molar-refractivity contribution in [1.82, 2.24) is 10.2 Å². The molecule has 0 aliphatic carbocycles. The largest absolute Gasteiger partial charge is 0.484 e. The first-order valence-electron chi connectivity index (χ1n) is 7.82. The Labute approximate surface area is 159 Å². The number of thiophene rings is 1. The molecule has 6 nitrogen and oxygen atoms in total. The van der Waals surface area contributed by atoms with Crippen molar-refractivity contribution in [2.24, 2.45) is 0 Å². The molecule has 3 heterocycles. The first kappa shape index (κ1) is 18.2. The van der Waals surface area contributed by atoms with E-state index in [0.717, 1.165) is 11.3 Å². The maximum absolute atomic E-state index is 12.7. The van der Waals surface area contributed by atoms with Crippen LogP contribution in [0.1, 0.15) is 9.67 Å². The Balaban J connectivity index is 1.51. The van der Waals surface area contributed by atoms with Gasteiger partial charge in [0.25, 0.3) is 5.91 Å². The van der Waals surface area contributed by atoms with Gasteiger partial charge in [0.1, 0.15) is 22.8 Å². The van der Waals surface area contributed by atoms with Gasteiger partial charge in [0, 0.05) is 23.2 Å². The van der Waals surface area contributed by atoms with E-state index in [9.17, 15) is 22.8 Å². The Morgan fingerprint density at radius 2 is 2.15 bits per heavy atom. The molecule has 0 saturated carbocycles. The van der Waals surface area contributed by atoms with Crippen LogP contribution in [0, 0.1) is 0 Å². The summed E-state index contributed by atoms with van der Waals surface area (Å²) in [5.41, 5.74) is -0.547. The molecule has 0 radical (unpaired) electrons. The van der Waals surface area contributed by atoms with E-state index in [1.54, 1.807) is 0 Å². The molecule has 27 heavy (non-hydrogen) atoms. The third kappa shape index (κ3) is 3.39. The number of nitrogens with one attached hydrogen (secondary N) is 1. The predicted octanol–water partition coefficient (Wildman–Crippen LogP) is 3.43. The fourth-order valence-corrected chi connectivity index (χ4v) is 4.58. The van der Waals surface area contributed by atoms with Crippen LogP contribution in [0.4, 0.5) is 18.0 Å². The number of ether oxygens (including phenoxy) is 2. The number of carbonyl (C=O) groups is 2. The summed E-state index contributed by atoms with van der Waals surface area (Å²) in [5.74, 6) is -0.254. The van der Waals surface area contributed by atoms with Crippen LogP contribution in [-0.2, 0) is 4.74 Å². The molecule has 2 aromatic rings. The summed E-state index contributed by atoms with van der Waals surface area (Å²) in [6.07, 6.45) is -4.94. The van der Waals surface area contributed by atoms with Crippen LogP contribution in [0.5, 0.6) is 5.75 Å². The van der Waals surface area contributed by atoms with E-state index < -0.39 is 24.4 Å². The van der Waals surface area contributed by atoms with E-state index in [1.807, 2.05) is 0 Å².